The van der Waals surface area contributed by atoms with Crippen LogP contribution in [-0.4, -0.2) is 55.5 Å². The number of alkyl halides is 5. The van der Waals surface area contributed by atoms with Gasteiger partial charge in [-0.25, -0.2) is 14.3 Å². The number of allylic oxidation sites excluding steroid dienone is 2. The zero-order chi connectivity index (χ0) is 35.4. The van der Waals surface area contributed by atoms with Crippen LogP contribution in [-0.2, 0) is 25.4 Å². The van der Waals surface area contributed by atoms with Crippen molar-refractivity contribution in [3.8, 4) is 5.75 Å². The van der Waals surface area contributed by atoms with E-state index in [0.717, 1.165) is 28.1 Å². The summed E-state index contributed by atoms with van der Waals surface area (Å²) in [5, 5.41) is 11.7. The van der Waals surface area contributed by atoms with Crippen LogP contribution in [0.25, 0.3) is 0 Å². The van der Waals surface area contributed by atoms with E-state index in [1.807, 2.05) is 0 Å². The molecule has 16 heteroatoms. The summed E-state index contributed by atoms with van der Waals surface area (Å²) in [6, 6.07) is 12.0. The lowest BCUT2D eigenvalue weighted by Gasteiger charge is -2.50. The van der Waals surface area contributed by atoms with Crippen molar-refractivity contribution in [3.05, 3.63) is 94.4 Å². The molecule has 0 radical (unpaired) electrons. The number of halogens is 7. The Morgan fingerprint density at radius 2 is 1.65 bits per heavy atom. The van der Waals surface area contributed by atoms with Gasteiger partial charge in [0.2, 0.25) is 0 Å². The van der Waals surface area contributed by atoms with Gasteiger partial charge in [-0.15, -0.1) is 23.2 Å². The lowest BCUT2D eigenvalue weighted by Crippen LogP contribution is -2.60. The van der Waals surface area contributed by atoms with E-state index in [0.29, 0.717) is 22.2 Å². The molecule has 2 aromatic carbocycles. The van der Waals surface area contributed by atoms with Crippen molar-refractivity contribution >= 4 is 69.9 Å². The van der Waals surface area contributed by atoms with Crippen LogP contribution in [0.3, 0.4) is 0 Å². The third-order valence-electron chi connectivity index (χ3n) is 9.80. The number of hydrogen-bond donors (Lipinski definition) is 1. The number of carbonyl (C=O) groups excluding carboxylic acids is 4. The minimum absolute atomic E-state index is 0.000670. The molecule has 0 bridgehead atoms. The van der Waals surface area contributed by atoms with Gasteiger partial charge >= 0.3 is 6.18 Å². The first-order valence-corrected chi connectivity index (χ1v) is 16.0. The number of phenolic OH excluding ortho intramolecular Hbond substituents is 1. The van der Waals surface area contributed by atoms with Crippen molar-refractivity contribution in [3.63, 3.8) is 0 Å². The molecule has 1 saturated carbocycles. The Hall–Kier alpha value is -4.20. The Labute approximate surface area is 290 Å². The molecular formula is C33H23Cl3F4N4O5. The van der Waals surface area contributed by atoms with Gasteiger partial charge in [-0.1, -0.05) is 35.4 Å². The lowest BCUT2D eigenvalue weighted by atomic mass is 9.56. The molecule has 7 rings (SSSR count). The molecule has 3 fully saturated rings. The van der Waals surface area contributed by atoms with Crippen molar-refractivity contribution in [1.29, 1.82) is 0 Å². The summed E-state index contributed by atoms with van der Waals surface area (Å²) in [5.41, 5.74) is -0.581. The van der Waals surface area contributed by atoms with Crippen LogP contribution in [0.5, 0.6) is 5.75 Å². The van der Waals surface area contributed by atoms with Crippen LogP contribution in [0.2, 0.25) is 5.02 Å². The van der Waals surface area contributed by atoms with Gasteiger partial charge in [0.15, 0.2) is 15.6 Å². The molecule has 6 unspecified atom stereocenters. The smallest absolute Gasteiger partial charge is 0.433 e. The lowest BCUT2D eigenvalue weighted by molar-refractivity contribution is -0.141. The maximum atomic E-state index is 14.3. The maximum absolute atomic E-state index is 14.3. The van der Waals surface area contributed by atoms with Crippen LogP contribution in [0.4, 0.5) is 29.1 Å². The number of pyridine rings is 1. The average Bonchev–Trinajstić information content (AvgIpc) is 3.38. The molecule has 2 saturated heterocycles. The molecule has 3 aromatic rings. The molecule has 3 heterocycles. The Kier molecular flexibility index (Phi) is 7.58. The third kappa shape index (κ3) is 4.69. The summed E-state index contributed by atoms with van der Waals surface area (Å²) in [4.78, 5) is 56.7. The van der Waals surface area contributed by atoms with E-state index in [9.17, 15) is 41.8 Å². The number of fused-ring (bicyclic) bond motifs is 4. The number of imide groups is 2. The molecule has 0 spiro atoms. The number of phenols is 1. The fourth-order valence-corrected chi connectivity index (χ4v) is 8.83. The first kappa shape index (κ1) is 33.3. The summed E-state index contributed by atoms with van der Waals surface area (Å²) in [6.45, 7) is 0. The Bertz CT molecular complexity index is 2000. The fourth-order valence-electron chi connectivity index (χ4n) is 7.67. The molecule has 6 atom stereocenters. The highest BCUT2D eigenvalue weighted by molar-refractivity contribution is 6.58. The highest BCUT2D eigenvalue weighted by Gasteiger charge is 2.76. The highest BCUT2D eigenvalue weighted by atomic mass is 35.5. The molecule has 9 nitrogen and oxygen atoms in total. The largest absolute Gasteiger partial charge is 0.508 e. The van der Waals surface area contributed by atoms with Gasteiger partial charge in [-0.2, -0.15) is 18.2 Å². The van der Waals surface area contributed by atoms with Gasteiger partial charge in [-0.3, -0.25) is 24.2 Å². The predicted molar refractivity (Wildman–Crippen MR) is 169 cm³/mol. The minimum Gasteiger partial charge on any atom is -0.508 e. The second-order valence-corrected chi connectivity index (χ2v) is 14.0. The van der Waals surface area contributed by atoms with Crippen molar-refractivity contribution in [1.82, 2.24) is 9.99 Å². The Morgan fingerprint density at radius 3 is 2.31 bits per heavy atom. The first-order chi connectivity index (χ1) is 23.0. The van der Waals surface area contributed by atoms with Crippen LogP contribution in [0, 0.1) is 23.6 Å². The number of carbonyl (C=O) groups is 4. The molecule has 1 N–H and O–H groups in total. The molecule has 2 aliphatic heterocycles. The number of benzene rings is 2. The summed E-state index contributed by atoms with van der Waals surface area (Å²) in [6.07, 6.45) is -3.60. The first-order valence-electron chi connectivity index (χ1n) is 14.9. The van der Waals surface area contributed by atoms with E-state index in [1.54, 1.807) is 12.1 Å². The zero-order valence-corrected chi connectivity index (χ0v) is 27.4. The van der Waals surface area contributed by atoms with Crippen LogP contribution < -0.4 is 9.91 Å². The molecule has 4 amide bonds. The van der Waals surface area contributed by atoms with Crippen molar-refractivity contribution in [2.45, 2.75) is 34.7 Å². The molecular weight excluding hydrogens is 715 g/mol. The van der Waals surface area contributed by atoms with E-state index in [1.165, 1.54) is 37.4 Å². The highest BCUT2D eigenvalue weighted by Crippen LogP contribution is 2.66. The quantitative estimate of drug-likeness (QED) is 0.147. The van der Waals surface area contributed by atoms with Gasteiger partial charge < -0.3 is 5.11 Å². The van der Waals surface area contributed by atoms with E-state index in [2.05, 4.69) is 4.98 Å². The van der Waals surface area contributed by atoms with Gasteiger partial charge in [0.05, 0.1) is 22.5 Å². The standard InChI is InChI=1S/C33H23Cl3F4N4O5/c1-42(26-22(34)11-12-23(41-26)33(38,39)40)44-27(46)20-10-9-19-21(24(20)28(44)47)14-31(35)29(48)43(17-7-5-16(37)6-8-17)30(49)32(31,36)25(19)15-3-2-4-18(45)13-15/h2-9,11-13,20-21,24-25,45H,10,14H2,1H3. The Balaban J connectivity index is 1.34. The van der Waals surface area contributed by atoms with Gasteiger partial charge in [0.1, 0.15) is 17.3 Å². The summed E-state index contributed by atoms with van der Waals surface area (Å²) >= 11 is 20.7. The number of amides is 4. The molecule has 1 aromatic heterocycles. The topological polar surface area (TPSA) is 111 Å². The zero-order valence-electron chi connectivity index (χ0n) is 25.1. The van der Waals surface area contributed by atoms with Crippen molar-refractivity contribution < 1.29 is 41.8 Å². The fraction of sp³-hybridized carbons (Fsp3) is 0.303. The van der Waals surface area contributed by atoms with Gasteiger partial charge in [0.25, 0.3) is 23.6 Å². The third-order valence-corrected chi connectivity index (χ3v) is 11.5. The van der Waals surface area contributed by atoms with Gasteiger partial charge in [0, 0.05) is 13.0 Å². The molecule has 254 valence electrons. The van der Waals surface area contributed by atoms with Crippen molar-refractivity contribution in [2.24, 2.45) is 17.8 Å². The predicted octanol–water partition coefficient (Wildman–Crippen LogP) is 6.21. The second kappa shape index (κ2) is 11.2. The number of anilines is 2. The molecule has 2 aliphatic carbocycles. The normalized spacial score (nSPS) is 29.5. The SMILES string of the molecule is CN(c1nc(C(F)(F)F)ccc1Cl)N1C(=O)C2CC=C3C(CC4(Cl)C(=O)N(c5ccc(F)cc5)C(=O)C4(Cl)C3c3cccc(O)c3)C2C1=O. The van der Waals surface area contributed by atoms with Gasteiger partial charge in [-0.05, 0) is 72.9 Å². The summed E-state index contributed by atoms with van der Waals surface area (Å²) in [7, 11) is 1.18. The molecule has 4 aliphatic rings. The number of aromatic hydroxyl groups is 1. The van der Waals surface area contributed by atoms with E-state index >= 15 is 0 Å². The number of hydrazine groups is 1. The number of rotatable bonds is 4. The Morgan fingerprint density at radius 1 is 0.959 bits per heavy atom. The second-order valence-electron chi connectivity index (χ2n) is 12.4. The molecule has 49 heavy (non-hydrogen) atoms. The average molecular weight is 738 g/mol. The van der Waals surface area contributed by atoms with Crippen LogP contribution in [0.1, 0.15) is 30.0 Å². The van der Waals surface area contributed by atoms with E-state index in [-0.39, 0.29) is 29.3 Å². The summed E-state index contributed by atoms with van der Waals surface area (Å²) < 4.78 is 54.4. The van der Waals surface area contributed by atoms with Crippen LogP contribution >= 0.6 is 34.8 Å². The number of aromatic nitrogens is 1. The van der Waals surface area contributed by atoms with E-state index in [4.69, 9.17) is 34.8 Å². The number of nitrogens with zero attached hydrogens (tertiary/aromatic N) is 4. The number of hydrogen-bond acceptors (Lipinski definition) is 7. The van der Waals surface area contributed by atoms with Crippen molar-refractivity contribution in [2.75, 3.05) is 17.0 Å². The van der Waals surface area contributed by atoms with E-state index < -0.39 is 80.6 Å². The minimum atomic E-state index is -4.84. The van der Waals surface area contributed by atoms with Crippen LogP contribution in [0.15, 0.2) is 72.3 Å². The monoisotopic (exact) mass is 736 g/mol. The maximum Gasteiger partial charge on any atom is 0.433 e. The summed E-state index contributed by atoms with van der Waals surface area (Å²) in [5.74, 6) is -9.08.